The van der Waals surface area contributed by atoms with Gasteiger partial charge in [0.2, 0.25) is 0 Å². The van der Waals surface area contributed by atoms with Crippen LogP contribution >= 0.6 is 24.0 Å². The van der Waals surface area contributed by atoms with E-state index in [1.54, 1.807) is 54.6 Å². The van der Waals surface area contributed by atoms with Gasteiger partial charge >= 0.3 is 0 Å². The standard InChI is InChI=1S/C21H19N3O5S2/c1-2-28-16-10-13(8-9-15(16)29-12-18(22)25)11-17-20(27)24(21(30)31-17)23-19(26)14-6-4-3-5-7-14/h3-11H,2,12H2,1H3,(H2,22,25)(H,23,26)/b17-11-. The minimum atomic E-state index is -0.604. The molecule has 1 fully saturated rings. The molecule has 1 aliphatic rings. The first kappa shape index (κ1) is 22.3. The average Bonchev–Trinajstić information content (AvgIpc) is 3.01. The summed E-state index contributed by atoms with van der Waals surface area (Å²) in [7, 11) is 0. The minimum Gasteiger partial charge on any atom is -0.490 e. The lowest BCUT2D eigenvalue weighted by Gasteiger charge is -2.15. The highest BCUT2D eigenvalue weighted by Gasteiger charge is 2.33. The predicted molar refractivity (Wildman–Crippen MR) is 121 cm³/mol. The number of primary amides is 1. The normalized spacial score (nSPS) is 14.6. The van der Waals surface area contributed by atoms with E-state index >= 15 is 0 Å². The first-order valence-electron chi connectivity index (χ1n) is 9.21. The van der Waals surface area contributed by atoms with E-state index in [0.717, 1.165) is 16.8 Å². The lowest BCUT2D eigenvalue weighted by molar-refractivity contribution is -0.123. The van der Waals surface area contributed by atoms with Crippen LogP contribution in [0, 0.1) is 0 Å². The van der Waals surface area contributed by atoms with Gasteiger partial charge in [-0.15, -0.1) is 0 Å². The second-order valence-electron chi connectivity index (χ2n) is 6.22. The smallest absolute Gasteiger partial charge is 0.285 e. The average molecular weight is 458 g/mol. The molecule has 3 rings (SSSR count). The third kappa shape index (κ3) is 5.62. The molecule has 0 aliphatic carbocycles. The molecular weight excluding hydrogens is 438 g/mol. The molecule has 10 heteroatoms. The Morgan fingerprint density at radius 1 is 1.16 bits per heavy atom. The Bertz CT molecular complexity index is 1060. The predicted octanol–water partition coefficient (Wildman–Crippen LogP) is 2.50. The fraction of sp³-hybridized carbons (Fsp3) is 0.143. The molecule has 0 unspecified atom stereocenters. The van der Waals surface area contributed by atoms with Crippen LogP contribution in [0.15, 0.2) is 53.4 Å². The second-order valence-corrected chi connectivity index (χ2v) is 7.89. The van der Waals surface area contributed by atoms with Crippen molar-refractivity contribution in [2.24, 2.45) is 5.73 Å². The van der Waals surface area contributed by atoms with Crippen LogP contribution < -0.4 is 20.6 Å². The first-order valence-corrected chi connectivity index (χ1v) is 10.4. The van der Waals surface area contributed by atoms with Crippen molar-refractivity contribution < 1.29 is 23.9 Å². The molecule has 2 aromatic carbocycles. The molecule has 3 amide bonds. The molecule has 31 heavy (non-hydrogen) atoms. The van der Waals surface area contributed by atoms with Crippen molar-refractivity contribution in [2.75, 3.05) is 13.2 Å². The van der Waals surface area contributed by atoms with E-state index in [-0.39, 0.29) is 10.9 Å². The molecule has 1 saturated heterocycles. The summed E-state index contributed by atoms with van der Waals surface area (Å²) < 4.78 is 11.1. The Morgan fingerprint density at radius 3 is 2.58 bits per heavy atom. The molecule has 0 atom stereocenters. The van der Waals surface area contributed by atoms with Crippen LogP contribution in [0.3, 0.4) is 0 Å². The van der Waals surface area contributed by atoms with Gasteiger partial charge in [0, 0.05) is 5.56 Å². The molecule has 8 nitrogen and oxygen atoms in total. The van der Waals surface area contributed by atoms with Crippen molar-refractivity contribution in [1.82, 2.24) is 10.4 Å². The highest BCUT2D eigenvalue weighted by molar-refractivity contribution is 8.26. The highest BCUT2D eigenvalue weighted by Crippen LogP contribution is 2.34. The SMILES string of the molecule is CCOc1cc(/C=C2\SC(=S)N(NC(=O)c3ccccc3)C2=O)ccc1OCC(N)=O. The number of carbonyl (C=O) groups is 3. The van der Waals surface area contributed by atoms with Crippen LogP contribution in [0.25, 0.3) is 6.08 Å². The molecule has 1 heterocycles. The van der Waals surface area contributed by atoms with Gasteiger partial charge in [0.1, 0.15) is 0 Å². The van der Waals surface area contributed by atoms with Gasteiger partial charge in [-0.1, -0.05) is 36.0 Å². The van der Waals surface area contributed by atoms with Crippen LogP contribution in [-0.2, 0) is 9.59 Å². The summed E-state index contributed by atoms with van der Waals surface area (Å²) in [5, 5.41) is 1.05. The van der Waals surface area contributed by atoms with E-state index < -0.39 is 17.7 Å². The zero-order chi connectivity index (χ0) is 22.4. The largest absolute Gasteiger partial charge is 0.490 e. The van der Waals surface area contributed by atoms with Crippen molar-refractivity contribution in [3.8, 4) is 11.5 Å². The number of ether oxygens (including phenoxy) is 2. The summed E-state index contributed by atoms with van der Waals surface area (Å²) in [5.41, 5.74) is 8.71. The zero-order valence-corrected chi connectivity index (χ0v) is 18.1. The van der Waals surface area contributed by atoms with Gasteiger partial charge in [-0.25, -0.2) is 0 Å². The van der Waals surface area contributed by atoms with Crippen molar-refractivity contribution >= 4 is 52.1 Å². The number of hydrogen-bond donors (Lipinski definition) is 2. The number of amides is 3. The molecule has 0 bridgehead atoms. The van der Waals surface area contributed by atoms with Gasteiger partial charge < -0.3 is 15.2 Å². The highest BCUT2D eigenvalue weighted by atomic mass is 32.2. The Morgan fingerprint density at radius 2 is 1.90 bits per heavy atom. The number of thioether (sulfide) groups is 1. The summed E-state index contributed by atoms with van der Waals surface area (Å²) in [6.45, 7) is 1.91. The fourth-order valence-electron chi connectivity index (χ4n) is 2.62. The van der Waals surface area contributed by atoms with E-state index in [1.807, 2.05) is 6.92 Å². The van der Waals surface area contributed by atoms with Gasteiger partial charge in [-0.05, 0) is 55.0 Å². The number of nitrogens with one attached hydrogen (secondary N) is 1. The van der Waals surface area contributed by atoms with Crippen molar-refractivity contribution in [1.29, 1.82) is 0 Å². The third-order valence-electron chi connectivity index (χ3n) is 3.98. The van der Waals surface area contributed by atoms with Gasteiger partial charge in [0.15, 0.2) is 22.4 Å². The summed E-state index contributed by atoms with van der Waals surface area (Å²) in [6.07, 6.45) is 1.63. The van der Waals surface area contributed by atoms with Crippen LogP contribution in [0.2, 0.25) is 0 Å². The van der Waals surface area contributed by atoms with E-state index in [1.165, 1.54) is 0 Å². The summed E-state index contributed by atoms with van der Waals surface area (Å²) >= 11 is 6.32. The molecule has 0 radical (unpaired) electrons. The van der Waals surface area contributed by atoms with E-state index in [0.29, 0.717) is 34.1 Å². The fourth-order valence-corrected chi connectivity index (χ4v) is 3.80. The number of nitrogens with two attached hydrogens (primary N) is 1. The number of carbonyl (C=O) groups excluding carboxylic acids is 3. The monoisotopic (exact) mass is 457 g/mol. The number of rotatable bonds is 8. The second kappa shape index (κ2) is 10.1. The van der Waals surface area contributed by atoms with Crippen molar-refractivity contribution in [3.05, 3.63) is 64.6 Å². The maximum Gasteiger partial charge on any atom is 0.285 e. The quantitative estimate of drug-likeness (QED) is 0.463. The van der Waals surface area contributed by atoms with Crippen LogP contribution in [0.1, 0.15) is 22.8 Å². The van der Waals surface area contributed by atoms with E-state index in [4.69, 9.17) is 27.4 Å². The Hall–Kier alpha value is -3.37. The number of hydrazine groups is 1. The Kier molecular flexibility index (Phi) is 7.27. The van der Waals surface area contributed by atoms with Crippen molar-refractivity contribution in [3.63, 3.8) is 0 Å². The molecule has 0 saturated carbocycles. The number of thiocarbonyl (C=S) groups is 1. The summed E-state index contributed by atoms with van der Waals surface area (Å²) in [6, 6.07) is 13.5. The maximum absolute atomic E-state index is 12.8. The first-order chi connectivity index (χ1) is 14.9. The van der Waals surface area contributed by atoms with Crippen LogP contribution in [0.4, 0.5) is 0 Å². The topological polar surface area (TPSA) is 111 Å². The lowest BCUT2D eigenvalue weighted by Crippen LogP contribution is -2.44. The third-order valence-corrected chi connectivity index (χ3v) is 5.28. The van der Waals surface area contributed by atoms with Crippen LogP contribution in [0.5, 0.6) is 11.5 Å². The minimum absolute atomic E-state index is 0.215. The van der Waals surface area contributed by atoms with Gasteiger partial charge in [-0.2, -0.15) is 5.01 Å². The van der Waals surface area contributed by atoms with Crippen molar-refractivity contribution in [2.45, 2.75) is 6.92 Å². The molecular formula is C21H19N3O5S2. The Labute approximate surface area is 188 Å². The summed E-state index contributed by atoms with van der Waals surface area (Å²) in [5.74, 6) is -0.711. The summed E-state index contributed by atoms with van der Waals surface area (Å²) in [4.78, 5) is 36.4. The molecule has 0 aromatic heterocycles. The Balaban J connectivity index is 1.78. The molecule has 1 aliphatic heterocycles. The van der Waals surface area contributed by atoms with Gasteiger partial charge in [0.25, 0.3) is 17.7 Å². The number of hydrogen-bond acceptors (Lipinski definition) is 7. The number of benzene rings is 2. The van der Waals surface area contributed by atoms with E-state index in [9.17, 15) is 14.4 Å². The van der Waals surface area contributed by atoms with Gasteiger partial charge in [0.05, 0.1) is 11.5 Å². The molecule has 2 aromatic rings. The van der Waals surface area contributed by atoms with Gasteiger partial charge in [-0.3, -0.25) is 19.8 Å². The van der Waals surface area contributed by atoms with E-state index in [2.05, 4.69) is 5.43 Å². The van der Waals surface area contributed by atoms with Crippen LogP contribution in [-0.4, -0.2) is 40.3 Å². The molecule has 3 N–H and O–H groups in total. The molecule has 160 valence electrons. The zero-order valence-electron chi connectivity index (χ0n) is 16.5. The number of nitrogens with zero attached hydrogens (tertiary/aromatic N) is 1. The lowest BCUT2D eigenvalue weighted by atomic mass is 10.2. The molecule has 0 spiro atoms. The maximum atomic E-state index is 12.8.